The molecule has 0 unspecified atom stereocenters. The molecular formula is C16H16N4. The fourth-order valence-electron chi connectivity index (χ4n) is 2.39. The topological polar surface area (TPSA) is 80.8 Å². The number of hydrogen-bond donors (Lipinski definition) is 3. The number of amidine groups is 1. The second-order valence-electron chi connectivity index (χ2n) is 4.88. The third-order valence-electron chi connectivity index (χ3n) is 3.39. The van der Waals surface area contributed by atoms with Crippen molar-refractivity contribution in [2.24, 2.45) is 5.73 Å². The van der Waals surface area contributed by atoms with Gasteiger partial charge in [-0.25, -0.2) is 0 Å². The number of rotatable bonds is 3. The van der Waals surface area contributed by atoms with Crippen molar-refractivity contribution in [1.82, 2.24) is 4.57 Å². The smallest absolute Gasteiger partial charge is 0.122 e. The Kier molecular flexibility index (Phi) is 2.91. The third-order valence-corrected chi connectivity index (χ3v) is 3.39. The molecule has 4 nitrogen and oxygen atoms in total. The summed E-state index contributed by atoms with van der Waals surface area (Å²) in [5.41, 5.74) is 15.1. The van der Waals surface area contributed by atoms with Crippen LogP contribution in [0, 0.1) is 5.41 Å². The van der Waals surface area contributed by atoms with Crippen LogP contribution in [-0.4, -0.2) is 10.4 Å². The Morgan fingerprint density at radius 3 is 2.70 bits per heavy atom. The van der Waals surface area contributed by atoms with Crippen molar-refractivity contribution in [2.45, 2.75) is 6.54 Å². The standard InChI is InChI=1S/C16H16N4/c17-14-3-1-2-11(8-14)10-20-7-6-12-9-13(16(18)19)4-5-15(12)20/h1-9H,10,17H2,(H3,18,19). The average Bonchev–Trinajstić information content (AvgIpc) is 2.81. The van der Waals surface area contributed by atoms with Gasteiger partial charge in [0.25, 0.3) is 0 Å². The van der Waals surface area contributed by atoms with E-state index in [0.29, 0.717) is 0 Å². The summed E-state index contributed by atoms with van der Waals surface area (Å²) in [6.07, 6.45) is 2.04. The zero-order chi connectivity index (χ0) is 14.1. The van der Waals surface area contributed by atoms with Crippen LogP contribution in [0.25, 0.3) is 10.9 Å². The van der Waals surface area contributed by atoms with Gasteiger partial charge in [-0.15, -0.1) is 0 Å². The summed E-state index contributed by atoms with van der Waals surface area (Å²) in [4.78, 5) is 0. The van der Waals surface area contributed by atoms with Gasteiger partial charge in [-0.3, -0.25) is 5.41 Å². The van der Waals surface area contributed by atoms with Crippen LogP contribution in [0.2, 0.25) is 0 Å². The van der Waals surface area contributed by atoms with Crippen LogP contribution >= 0.6 is 0 Å². The van der Waals surface area contributed by atoms with Gasteiger partial charge in [-0.1, -0.05) is 12.1 Å². The van der Waals surface area contributed by atoms with Crippen LogP contribution in [0.15, 0.2) is 54.7 Å². The largest absolute Gasteiger partial charge is 0.399 e. The van der Waals surface area contributed by atoms with E-state index in [1.165, 1.54) is 0 Å². The molecule has 3 rings (SSSR count). The first-order chi connectivity index (χ1) is 9.63. The Morgan fingerprint density at radius 1 is 1.10 bits per heavy atom. The third kappa shape index (κ3) is 2.23. The van der Waals surface area contributed by atoms with Crippen molar-refractivity contribution in [2.75, 3.05) is 5.73 Å². The van der Waals surface area contributed by atoms with Crippen molar-refractivity contribution >= 4 is 22.4 Å². The van der Waals surface area contributed by atoms with Crippen LogP contribution in [0.1, 0.15) is 11.1 Å². The molecule has 0 aliphatic rings. The van der Waals surface area contributed by atoms with Crippen molar-refractivity contribution in [3.05, 3.63) is 65.9 Å². The Bertz CT molecular complexity index is 786. The van der Waals surface area contributed by atoms with Gasteiger partial charge in [-0.05, 0) is 42.0 Å². The molecule has 0 amide bonds. The lowest BCUT2D eigenvalue weighted by molar-refractivity contribution is 0.837. The summed E-state index contributed by atoms with van der Waals surface area (Å²) >= 11 is 0. The number of benzene rings is 2. The minimum atomic E-state index is 0.0930. The highest BCUT2D eigenvalue weighted by Crippen LogP contribution is 2.19. The first-order valence-corrected chi connectivity index (χ1v) is 6.41. The molecule has 4 heteroatoms. The van der Waals surface area contributed by atoms with Gasteiger partial charge in [0.05, 0.1) is 0 Å². The van der Waals surface area contributed by atoms with Crippen LogP contribution in [0.3, 0.4) is 0 Å². The molecule has 0 aliphatic heterocycles. The quantitative estimate of drug-likeness (QED) is 0.386. The highest BCUT2D eigenvalue weighted by molar-refractivity contribution is 5.98. The lowest BCUT2D eigenvalue weighted by Crippen LogP contribution is -2.10. The summed E-state index contributed by atoms with van der Waals surface area (Å²) in [5, 5.41) is 8.56. The predicted molar refractivity (Wildman–Crippen MR) is 82.9 cm³/mol. The molecular weight excluding hydrogens is 248 g/mol. The van der Waals surface area contributed by atoms with E-state index in [2.05, 4.69) is 10.6 Å². The Morgan fingerprint density at radius 2 is 1.95 bits per heavy atom. The lowest BCUT2D eigenvalue weighted by atomic mass is 10.1. The number of fused-ring (bicyclic) bond motifs is 1. The molecule has 100 valence electrons. The van der Waals surface area contributed by atoms with E-state index in [-0.39, 0.29) is 5.84 Å². The molecule has 0 atom stereocenters. The van der Waals surface area contributed by atoms with Crippen molar-refractivity contribution in [1.29, 1.82) is 5.41 Å². The summed E-state index contributed by atoms with van der Waals surface area (Å²) in [6, 6.07) is 15.7. The number of anilines is 1. The van der Waals surface area contributed by atoms with Gasteiger partial charge in [0, 0.05) is 34.9 Å². The van der Waals surface area contributed by atoms with E-state index in [4.69, 9.17) is 16.9 Å². The maximum atomic E-state index is 7.48. The first-order valence-electron chi connectivity index (χ1n) is 6.41. The SMILES string of the molecule is N=C(N)c1ccc2c(ccn2Cc2cccc(N)c2)c1. The molecule has 5 N–H and O–H groups in total. The fourth-order valence-corrected chi connectivity index (χ4v) is 2.39. The van der Waals surface area contributed by atoms with Gasteiger partial charge in [0.1, 0.15) is 5.84 Å². The molecule has 2 aromatic carbocycles. The van der Waals surface area contributed by atoms with Crippen LogP contribution in [0.5, 0.6) is 0 Å². The lowest BCUT2D eigenvalue weighted by Gasteiger charge is -2.07. The highest BCUT2D eigenvalue weighted by Gasteiger charge is 2.04. The van der Waals surface area contributed by atoms with E-state index in [1.54, 1.807) is 0 Å². The highest BCUT2D eigenvalue weighted by atomic mass is 14.9. The van der Waals surface area contributed by atoms with E-state index in [9.17, 15) is 0 Å². The fraction of sp³-hybridized carbons (Fsp3) is 0.0625. The Labute approximate surface area is 117 Å². The monoisotopic (exact) mass is 264 g/mol. The van der Waals surface area contributed by atoms with E-state index in [0.717, 1.165) is 34.3 Å². The number of nitrogens with one attached hydrogen (secondary N) is 1. The Balaban J connectivity index is 1.98. The second kappa shape index (κ2) is 4.74. The van der Waals surface area contributed by atoms with E-state index >= 15 is 0 Å². The van der Waals surface area contributed by atoms with Crippen LogP contribution < -0.4 is 11.5 Å². The maximum Gasteiger partial charge on any atom is 0.122 e. The van der Waals surface area contributed by atoms with Gasteiger partial charge in [0.15, 0.2) is 0 Å². The number of nitrogens with two attached hydrogens (primary N) is 2. The zero-order valence-electron chi connectivity index (χ0n) is 11.0. The Hall–Kier alpha value is -2.75. The molecule has 0 bridgehead atoms. The summed E-state index contributed by atoms with van der Waals surface area (Å²) in [5.74, 6) is 0.0930. The first kappa shape index (κ1) is 12.3. The molecule has 20 heavy (non-hydrogen) atoms. The normalized spacial score (nSPS) is 10.8. The average molecular weight is 264 g/mol. The molecule has 0 aliphatic carbocycles. The molecule has 0 radical (unpaired) electrons. The minimum absolute atomic E-state index is 0.0930. The predicted octanol–water partition coefficient (Wildman–Crippen LogP) is 2.56. The van der Waals surface area contributed by atoms with Crippen molar-refractivity contribution in [3.8, 4) is 0 Å². The maximum absolute atomic E-state index is 7.48. The molecule has 3 aromatic rings. The van der Waals surface area contributed by atoms with Crippen molar-refractivity contribution < 1.29 is 0 Å². The minimum Gasteiger partial charge on any atom is -0.399 e. The number of nitrogen functional groups attached to an aromatic ring is 2. The van der Waals surface area contributed by atoms with Crippen LogP contribution in [0.4, 0.5) is 5.69 Å². The van der Waals surface area contributed by atoms with E-state index in [1.807, 2.05) is 48.7 Å². The summed E-state index contributed by atoms with van der Waals surface area (Å²) in [6.45, 7) is 0.772. The summed E-state index contributed by atoms with van der Waals surface area (Å²) in [7, 11) is 0. The second-order valence-corrected chi connectivity index (χ2v) is 4.88. The van der Waals surface area contributed by atoms with E-state index < -0.39 is 0 Å². The molecule has 0 saturated heterocycles. The molecule has 0 saturated carbocycles. The van der Waals surface area contributed by atoms with Crippen LogP contribution in [-0.2, 0) is 6.54 Å². The zero-order valence-corrected chi connectivity index (χ0v) is 11.0. The van der Waals surface area contributed by atoms with Crippen molar-refractivity contribution in [3.63, 3.8) is 0 Å². The number of nitrogens with zero attached hydrogens (tertiary/aromatic N) is 1. The molecule has 1 aromatic heterocycles. The van der Waals surface area contributed by atoms with Gasteiger partial charge in [-0.2, -0.15) is 0 Å². The molecule has 0 fully saturated rings. The molecule has 0 spiro atoms. The number of aromatic nitrogens is 1. The summed E-state index contributed by atoms with van der Waals surface area (Å²) < 4.78 is 2.16. The van der Waals surface area contributed by atoms with Gasteiger partial charge in [0.2, 0.25) is 0 Å². The van der Waals surface area contributed by atoms with Gasteiger partial charge < -0.3 is 16.0 Å². The number of hydrogen-bond acceptors (Lipinski definition) is 2. The van der Waals surface area contributed by atoms with Gasteiger partial charge >= 0.3 is 0 Å². The molecule has 1 heterocycles.